The molecular formula is C18H24N4OS. The van der Waals surface area contributed by atoms with E-state index in [0.717, 1.165) is 23.1 Å². The van der Waals surface area contributed by atoms with E-state index < -0.39 is 0 Å². The molecule has 0 saturated heterocycles. The van der Waals surface area contributed by atoms with E-state index in [0.29, 0.717) is 11.8 Å². The van der Waals surface area contributed by atoms with Gasteiger partial charge in [0.2, 0.25) is 5.91 Å². The maximum Gasteiger partial charge on any atom is 0.234 e. The van der Waals surface area contributed by atoms with Crippen LogP contribution < -0.4 is 5.32 Å². The zero-order valence-electron chi connectivity index (χ0n) is 14.3. The molecular weight excluding hydrogens is 320 g/mol. The lowest BCUT2D eigenvalue weighted by molar-refractivity contribution is -0.113. The fraction of sp³-hybridized carbons (Fsp3) is 0.500. The average molecular weight is 344 g/mol. The van der Waals surface area contributed by atoms with Crippen LogP contribution in [0.15, 0.2) is 29.4 Å². The molecule has 1 aromatic carbocycles. The van der Waals surface area contributed by atoms with Gasteiger partial charge >= 0.3 is 0 Å². The molecule has 0 bridgehead atoms. The third kappa shape index (κ3) is 4.38. The van der Waals surface area contributed by atoms with Crippen molar-refractivity contribution < 1.29 is 4.79 Å². The summed E-state index contributed by atoms with van der Waals surface area (Å²) in [5, 5.41) is 12.1. The predicted octanol–water partition coefficient (Wildman–Crippen LogP) is 3.99. The molecule has 0 spiro atoms. The van der Waals surface area contributed by atoms with Gasteiger partial charge in [0, 0.05) is 11.7 Å². The topological polar surface area (TPSA) is 59.8 Å². The highest BCUT2D eigenvalue weighted by atomic mass is 32.2. The number of nitrogens with one attached hydrogen (secondary N) is 1. The van der Waals surface area contributed by atoms with Crippen LogP contribution in [0.2, 0.25) is 0 Å². The molecule has 1 fully saturated rings. The van der Waals surface area contributed by atoms with Gasteiger partial charge in [-0.3, -0.25) is 4.79 Å². The Morgan fingerprint density at radius 3 is 2.71 bits per heavy atom. The molecule has 1 aromatic heterocycles. The summed E-state index contributed by atoms with van der Waals surface area (Å²) in [7, 11) is 0. The molecule has 1 heterocycles. The average Bonchev–Trinajstić information content (AvgIpc) is 3.35. The smallest absolute Gasteiger partial charge is 0.234 e. The van der Waals surface area contributed by atoms with Crippen LogP contribution in [0.5, 0.6) is 0 Å². The molecule has 2 aromatic rings. The fourth-order valence-electron chi connectivity index (χ4n) is 2.66. The quantitative estimate of drug-likeness (QED) is 0.736. The lowest BCUT2D eigenvalue weighted by Gasteiger charge is -2.08. The Bertz CT molecular complexity index is 692. The molecule has 0 aliphatic heterocycles. The first kappa shape index (κ1) is 17.0. The van der Waals surface area contributed by atoms with Crippen molar-refractivity contribution in [1.82, 2.24) is 14.8 Å². The monoisotopic (exact) mass is 344 g/mol. The minimum Gasteiger partial charge on any atom is -0.325 e. The van der Waals surface area contributed by atoms with E-state index in [1.165, 1.54) is 43.0 Å². The second kappa shape index (κ2) is 7.83. The zero-order valence-corrected chi connectivity index (χ0v) is 15.1. The van der Waals surface area contributed by atoms with Crippen LogP contribution in [0, 0.1) is 6.92 Å². The van der Waals surface area contributed by atoms with Gasteiger partial charge in [0.15, 0.2) is 5.16 Å². The van der Waals surface area contributed by atoms with E-state index in [1.54, 1.807) is 0 Å². The van der Waals surface area contributed by atoms with Crippen molar-refractivity contribution in [3.8, 4) is 0 Å². The largest absolute Gasteiger partial charge is 0.325 e. The van der Waals surface area contributed by atoms with Gasteiger partial charge in [0.1, 0.15) is 5.82 Å². The molecule has 3 rings (SSSR count). The van der Waals surface area contributed by atoms with E-state index in [9.17, 15) is 4.79 Å². The third-order valence-corrected chi connectivity index (χ3v) is 5.08. The molecule has 1 saturated carbocycles. The molecule has 0 radical (unpaired) electrons. The number of anilines is 1. The number of hydrogen-bond acceptors (Lipinski definition) is 4. The van der Waals surface area contributed by atoms with Crippen LogP contribution in [0.25, 0.3) is 0 Å². The molecule has 1 amide bonds. The van der Waals surface area contributed by atoms with Crippen LogP contribution in [-0.4, -0.2) is 26.4 Å². The highest BCUT2D eigenvalue weighted by Crippen LogP contribution is 2.38. The Kier molecular flexibility index (Phi) is 5.56. The van der Waals surface area contributed by atoms with Crippen LogP contribution in [0.4, 0.5) is 5.69 Å². The molecule has 6 heteroatoms. The Morgan fingerprint density at radius 1 is 1.29 bits per heavy atom. The second-order valence-corrected chi connectivity index (χ2v) is 7.21. The molecule has 1 aliphatic carbocycles. The molecule has 24 heavy (non-hydrogen) atoms. The summed E-state index contributed by atoms with van der Waals surface area (Å²) in [4.78, 5) is 12.2. The molecule has 128 valence electrons. The number of thioether (sulfide) groups is 1. The van der Waals surface area contributed by atoms with Crippen molar-refractivity contribution in [2.45, 2.75) is 57.1 Å². The number of rotatable bonds is 8. The van der Waals surface area contributed by atoms with Crippen molar-refractivity contribution in [1.29, 1.82) is 0 Å². The number of carbonyl (C=O) groups excluding carboxylic acids is 1. The number of aryl methyl sites for hydroxylation is 2. The summed E-state index contributed by atoms with van der Waals surface area (Å²) in [5.74, 6) is 1.27. The van der Waals surface area contributed by atoms with Crippen molar-refractivity contribution in [2.75, 3.05) is 11.1 Å². The SMILES string of the molecule is CCCCc1ccc(NC(=O)CSc2nnc(C)n2C2CC2)cc1. The summed E-state index contributed by atoms with van der Waals surface area (Å²) in [5.41, 5.74) is 2.16. The van der Waals surface area contributed by atoms with Crippen molar-refractivity contribution >= 4 is 23.4 Å². The Hall–Kier alpha value is -1.82. The minimum atomic E-state index is -0.00990. The van der Waals surface area contributed by atoms with Crippen LogP contribution >= 0.6 is 11.8 Å². The normalized spacial score (nSPS) is 13.9. The standard InChI is InChI=1S/C18H24N4OS/c1-3-4-5-14-6-8-15(9-7-14)19-17(23)12-24-18-21-20-13(2)22(18)16-10-11-16/h6-9,16H,3-5,10-12H2,1-2H3,(H,19,23). The number of benzene rings is 1. The number of hydrogen-bond donors (Lipinski definition) is 1. The van der Waals surface area contributed by atoms with Gasteiger partial charge in [-0.15, -0.1) is 10.2 Å². The summed E-state index contributed by atoms with van der Waals surface area (Å²) >= 11 is 1.46. The highest BCUT2D eigenvalue weighted by molar-refractivity contribution is 7.99. The minimum absolute atomic E-state index is 0.00990. The van der Waals surface area contributed by atoms with Gasteiger partial charge in [-0.1, -0.05) is 37.2 Å². The van der Waals surface area contributed by atoms with E-state index in [1.807, 2.05) is 19.1 Å². The van der Waals surface area contributed by atoms with Gasteiger partial charge in [0.25, 0.3) is 0 Å². The molecule has 0 atom stereocenters. The van der Waals surface area contributed by atoms with Gasteiger partial charge in [-0.25, -0.2) is 0 Å². The molecule has 0 unspecified atom stereocenters. The van der Waals surface area contributed by atoms with E-state index >= 15 is 0 Å². The molecule has 5 nitrogen and oxygen atoms in total. The number of amides is 1. The molecule has 1 aliphatic rings. The van der Waals surface area contributed by atoms with E-state index in [2.05, 4.69) is 39.1 Å². The summed E-state index contributed by atoms with van der Waals surface area (Å²) < 4.78 is 2.15. The van der Waals surface area contributed by atoms with Gasteiger partial charge in [0.05, 0.1) is 5.75 Å². The maximum atomic E-state index is 12.2. The van der Waals surface area contributed by atoms with E-state index in [-0.39, 0.29) is 5.91 Å². The van der Waals surface area contributed by atoms with Crippen molar-refractivity contribution in [3.63, 3.8) is 0 Å². The predicted molar refractivity (Wildman–Crippen MR) is 97.4 cm³/mol. The lowest BCUT2D eigenvalue weighted by Crippen LogP contribution is -2.14. The van der Waals surface area contributed by atoms with Crippen LogP contribution in [0.1, 0.15) is 50.0 Å². The highest BCUT2D eigenvalue weighted by Gasteiger charge is 2.28. The van der Waals surface area contributed by atoms with Gasteiger partial charge in [-0.2, -0.15) is 0 Å². The van der Waals surface area contributed by atoms with Crippen molar-refractivity contribution in [3.05, 3.63) is 35.7 Å². The lowest BCUT2D eigenvalue weighted by atomic mass is 10.1. The second-order valence-electron chi connectivity index (χ2n) is 6.27. The van der Waals surface area contributed by atoms with Crippen LogP contribution in [0.3, 0.4) is 0 Å². The zero-order chi connectivity index (χ0) is 16.9. The number of aromatic nitrogens is 3. The first-order valence-electron chi connectivity index (χ1n) is 8.60. The van der Waals surface area contributed by atoms with Gasteiger partial charge in [-0.05, 0) is 50.3 Å². The Balaban J connectivity index is 1.51. The van der Waals surface area contributed by atoms with Crippen LogP contribution in [-0.2, 0) is 11.2 Å². The summed E-state index contributed by atoms with van der Waals surface area (Å²) in [6, 6.07) is 8.66. The first-order chi connectivity index (χ1) is 11.7. The summed E-state index contributed by atoms with van der Waals surface area (Å²) in [6.45, 7) is 4.16. The summed E-state index contributed by atoms with van der Waals surface area (Å²) in [6.07, 6.45) is 5.85. The Labute approximate surface area is 147 Å². The van der Waals surface area contributed by atoms with E-state index in [4.69, 9.17) is 0 Å². The number of carbonyl (C=O) groups is 1. The molecule has 1 N–H and O–H groups in total. The maximum absolute atomic E-state index is 12.2. The number of unbranched alkanes of at least 4 members (excludes halogenated alkanes) is 1. The fourth-order valence-corrected chi connectivity index (χ4v) is 3.52. The van der Waals surface area contributed by atoms with Gasteiger partial charge < -0.3 is 9.88 Å². The van der Waals surface area contributed by atoms with Crippen molar-refractivity contribution in [2.24, 2.45) is 0 Å². The number of nitrogens with zero attached hydrogens (tertiary/aromatic N) is 3. The third-order valence-electron chi connectivity index (χ3n) is 4.14. The Morgan fingerprint density at radius 2 is 2.04 bits per heavy atom. The first-order valence-corrected chi connectivity index (χ1v) is 9.59.